The normalized spacial score (nSPS) is 33.2. The molecule has 0 bridgehead atoms. The number of nitrogens with zero attached hydrogens (tertiary/aromatic N) is 1. The summed E-state index contributed by atoms with van der Waals surface area (Å²) in [6, 6.07) is 1.16. The van der Waals surface area contributed by atoms with Crippen LogP contribution in [0.25, 0.3) is 0 Å². The first-order valence-corrected chi connectivity index (χ1v) is 4.98. The number of hydrogen-bond donors (Lipinski definition) is 2. The first-order valence-electron chi connectivity index (χ1n) is 4.98. The second-order valence-electron chi connectivity index (χ2n) is 3.91. The van der Waals surface area contributed by atoms with Crippen LogP contribution in [-0.2, 0) is 0 Å². The van der Waals surface area contributed by atoms with E-state index in [9.17, 15) is 0 Å². The summed E-state index contributed by atoms with van der Waals surface area (Å²) in [5.41, 5.74) is 0. The predicted octanol–water partition coefficient (Wildman–Crippen LogP) is -0.195. The second kappa shape index (κ2) is 3.73. The van der Waals surface area contributed by atoms with Gasteiger partial charge >= 0.3 is 0 Å². The molecule has 1 saturated heterocycles. The third kappa shape index (κ3) is 1.97. The van der Waals surface area contributed by atoms with Crippen LogP contribution in [0.4, 0.5) is 0 Å². The van der Waals surface area contributed by atoms with E-state index in [0.717, 1.165) is 19.1 Å². The van der Waals surface area contributed by atoms with Gasteiger partial charge in [-0.15, -0.1) is 0 Å². The average Bonchev–Trinajstić information content (AvgIpc) is 2.91. The minimum atomic E-state index is 0.281. The molecule has 0 amide bonds. The Morgan fingerprint density at radius 3 is 2.92 bits per heavy atom. The van der Waals surface area contributed by atoms with Gasteiger partial charge in [0.05, 0.1) is 6.61 Å². The molecule has 2 N–H and O–H groups in total. The van der Waals surface area contributed by atoms with Gasteiger partial charge in [0.2, 0.25) is 0 Å². The van der Waals surface area contributed by atoms with Crippen molar-refractivity contribution in [1.29, 1.82) is 0 Å². The van der Waals surface area contributed by atoms with Crippen molar-refractivity contribution in [3.8, 4) is 0 Å². The van der Waals surface area contributed by atoms with Crippen LogP contribution in [0, 0.1) is 0 Å². The predicted molar refractivity (Wildman–Crippen MR) is 48.1 cm³/mol. The Kier molecular flexibility index (Phi) is 2.63. The Morgan fingerprint density at radius 1 is 1.42 bits per heavy atom. The van der Waals surface area contributed by atoms with Crippen molar-refractivity contribution in [3.63, 3.8) is 0 Å². The molecular formula is C9H18N2O. The van der Waals surface area contributed by atoms with Crippen LogP contribution in [0.5, 0.6) is 0 Å². The average molecular weight is 170 g/mol. The fourth-order valence-electron chi connectivity index (χ4n) is 1.92. The molecule has 0 aromatic carbocycles. The lowest BCUT2D eigenvalue weighted by Gasteiger charge is -2.22. The van der Waals surface area contributed by atoms with Crippen LogP contribution in [0.3, 0.4) is 0 Å². The topological polar surface area (TPSA) is 35.5 Å². The Labute approximate surface area is 73.8 Å². The third-order valence-electron chi connectivity index (χ3n) is 2.79. The number of nitrogens with one attached hydrogen (secondary N) is 1. The summed E-state index contributed by atoms with van der Waals surface area (Å²) in [7, 11) is 0. The van der Waals surface area contributed by atoms with Crippen LogP contribution in [0.1, 0.15) is 19.3 Å². The molecule has 70 valence electrons. The monoisotopic (exact) mass is 170 g/mol. The van der Waals surface area contributed by atoms with E-state index in [4.69, 9.17) is 5.11 Å². The number of aliphatic hydroxyl groups excluding tert-OH is 1. The Hall–Kier alpha value is -0.120. The maximum Gasteiger partial charge on any atom is 0.0597 e. The molecule has 2 rings (SSSR count). The second-order valence-corrected chi connectivity index (χ2v) is 3.91. The van der Waals surface area contributed by atoms with Gasteiger partial charge in [0.1, 0.15) is 0 Å². The Bertz CT molecular complexity index is 147. The molecule has 1 aliphatic carbocycles. The van der Waals surface area contributed by atoms with Gasteiger partial charge in [-0.3, -0.25) is 4.90 Å². The molecule has 3 heteroatoms. The van der Waals surface area contributed by atoms with Gasteiger partial charge in [0, 0.05) is 18.6 Å². The molecule has 0 aromatic heterocycles. The van der Waals surface area contributed by atoms with E-state index in [2.05, 4.69) is 10.2 Å². The highest BCUT2D eigenvalue weighted by Crippen LogP contribution is 2.27. The van der Waals surface area contributed by atoms with Crippen LogP contribution in [0.2, 0.25) is 0 Å². The molecule has 2 aliphatic rings. The van der Waals surface area contributed by atoms with E-state index in [1.54, 1.807) is 0 Å². The molecule has 0 spiro atoms. The number of hydrogen-bond acceptors (Lipinski definition) is 3. The van der Waals surface area contributed by atoms with E-state index in [-0.39, 0.29) is 6.61 Å². The first kappa shape index (κ1) is 8.48. The zero-order valence-electron chi connectivity index (χ0n) is 7.50. The standard InChI is InChI=1S/C9H18N2O/c12-7-8-6-11(9-2-3-9)5-1-4-10-8/h8-10,12H,1-7H2. The Morgan fingerprint density at radius 2 is 2.25 bits per heavy atom. The summed E-state index contributed by atoms with van der Waals surface area (Å²) >= 11 is 0. The van der Waals surface area contributed by atoms with Crippen molar-refractivity contribution in [2.24, 2.45) is 0 Å². The highest BCUT2D eigenvalue weighted by Gasteiger charge is 2.30. The highest BCUT2D eigenvalue weighted by atomic mass is 16.3. The largest absolute Gasteiger partial charge is 0.395 e. The minimum Gasteiger partial charge on any atom is -0.395 e. The van der Waals surface area contributed by atoms with Crippen molar-refractivity contribution in [2.75, 3.05) is 26.2 Å². The molecule has 3 nitrogen and oxygen atoms in total. The summed E-state index contributed by atoms with van der Waals surface area (Å²) in [4.78, 5) is 2.53. The van der Waals surface area contributed by atoms with Crippen molar-refractivity contribution in [1.82, 2.24) is 10.2 Å². The molecule has 1 heterocycles. The van der Waals surface area contributed by atoms with Crippen molar-refractivity contribution in [3.05, 3.63) is 0 Å². The molecule has 0 radical (unpaired) electrons. The van der Waals surface area contributed by atoms with E-state index in [0.29, 0.717) is 6.04 Å². The third-order valence-corrected chi connectivity index (χ3v) is 2.79. The zero-order valence-corrected chi connectivity index (χ0v) is 7.50. The lowest BCUT2D eigenvalue weighted by molar-refractivity contribution is 0.196. The SMILES string of the molecule is OCC1CN(C2CC2)CCCN1. The van der Waals surface area contributed by atoms with Crippen molar-refractivity contribution in [2.45, 2.75) is 31.3 Å². The van der Waals surface area contributed by atoms with Gasteiger partial charge in [-0.05, 0) is 32.4 Å². The lowest BCUT2D eigenvalue weighted by atomic mass is 10.3. The van der Waals surface area contributed by atoms with Gasteiger partial charge in [-0.1, -0.05) is 0 Å². The lowest BCUT2D eigenvalue weighted by Crippen LogP contribution is -2.40. The smallest absolute Gasteiger partial charge is 0.0597 e. The minimum absolute atomic E-state index is 0.281. The molecule has 1 atom stereocenters. The van der Waals surface area contributed by atoms with Crippen LogP contribution < -0.4 is 5.32 Å². The van der Waals surface area contributed by atoms with E-state index < -0.39 is 0 Å². The van der Waals surface area contributed by atoms with Gasteiger partial charge in [-0.25, -0.2) is 0 Å². The van der Waals surface area contributed by atoms with E-state index in [1.807, 2.05) is 0 Å². The summed E-state index contributed by atoms with van der Waals surface area (Å²) in [5.74, 6) is 0. The summed E-state index contributed by atoms with van der Waals surface area (Å²) in [5, 5.41) is 12.4. The number of rotatable bonds is 2. The quantitative estimate of drug-likeness (QED) is 0.603. The van der Waals surface area contributed by atoms with E-state index >= 15 is 0 Å². The fraction of sp³-hybridized carbons (Fsp3) is 1.00. The van der Waals surface area contributed by atoms with Crippen LogP contribution in [0.15, 0.2) is 0 Å². The van der Waals surface area contributed by atoms with Gasteiger partial charge in [0.25, 0.3) is 0 Å². The highest BCUT2D eigenvalue weighted by molar-refractivity contribution is 4.88. The molecule has 1 unspecified atom stereocenters. The first-order chi connectivity index (χ1) is 5.90. The van der Waals surface area contributed by atoms with Crippen molar-refractivity contribution >= 4 is 0 Å². The van der Waals surface area contributed by atoms with Gasteiger partial charge in [-0.2, -0.15) is 0 Å². The molecule has 2 fully saturated rings. The summed E-state index contributed by atoms with van der Waals surface area (Å²) in [6.07, 6.45) is 3.98. The van der Waals surface area contributed by atoms with Gasteiger partial charge in [0.15, 0.2) is 0 Å². The van der Waals surface area contributed by atoms with E-state index in [1.165, 1.54) is 25.8 Å². The molecule has 12 heavy (non-hydrogen) atoms. The maximum absolute atomic E-state index is 9.05. The van der Waals surface area contributed by atoms with Crippen LogP contribution >= 0.6 is 0 Å². The Balaban J connectivity index is 1.86. The molecule has 1 saturated carbocycles. The van der Waals surface area contributed by atoms with Crippen LogP contribution in [-0.4, -0.2) is 48.3 Å². The molecule has 1 aliphatic heterocycles. The van der Waals surface area contributed by atoms with Crippen molar-refractivity contribution < 1.29 is 5.11 Å². The number of aliphatic hydroxyl groups is 1. The summed E-state index contributed by atoms with van der Waals surface area (Å²) < 4.78 is 0. The molecular weight excluding hydrogens is 152 g/mol. The molecule has 0 aromatic rings. The summed E-state index contributed by atoms with van der Waals surface area (Å²) in [6.45, 7) is 3.60. The fourth-order valence-corrected chi connectivity index (χ4v) is 1.92. The maximum atomic E-state index is 9.05. The zero-order chi connectivity index (χ0) is 8.39. The van der Waals surface area contributed by atoms with Gasteiger partial charge < -0.3 is 10.4 Å².